The van der Waals surface area contributed by atoms with Gasteiger partial charge >= 0.3 is 0 Å². The van der Waals surface area contributed by atoms with Gasteiger partial charge in [-0.15, -0.1) is 0 Å². The summed E-state index contributed by atoms with van der Waals surface area (Å²) in [5.74, 6) is 0.578. The molecule has 170 valence electrons. The minimum Gasteiger partial charge on any atom is -0.394 e. The quantitative estimate of drug-likeness (QED) is 0.724. The summed E-state index contributed by atoms with van der Waals surface area (Å²) in [6.07, 6.45) is -1.48. The fraction of sp³-hybridized carbons (Fsp3) is 0.750. The number of benzene rings is 1. The van der Waals surface area contributed by atoms with E-state index in [-0.39, 0.29) is 54.9 Å². The summed E-state index contributed by atoms with van der Waals surface area (Å²) in [7, 11) is 1.63. The van der Waals surface area contributed by atoms with Crippen LogP contribution in [-0.2, 0) is 30.3 Å². The smallest absolute Gasteiger partial charge is 0.163 e. The van der Waals surface area contributed by atoms with Gasteiger partial charge in [0.05, 0.1) is 31.5 Å². The molecule has 30 heavy (non-hydrogen) atoms. The maximum atomic E-state index is 9.90. The summed E-state index contributed by atoms with van der Waals surface area (Å²) in [6, 6.07) is 10.2. The fourth-order valence-corrected chi connectivity index (χ4v) is 4.63. The highest BCUT2D eigenvalue weighted by atomic mass is 16.7. The zero-order valence-corrected chi connectivity index (χ0v) is 19.1. The average Bonchev–Trinajstić information content (AvgIpc) is 2.76. The van der Waals surface area contributed by atoms with Crippen molar-refractivity contribution < 1.29 is 28.8 Å². The number of rotatable bonds is 7. The minimum atomic E-state index is -0.449. The number of hydrogen-bond acceptors (Lipinski definition) is 6. The molecule has 1 aromatic rings. The molecule has 3 rings (SSSR count). The van der Waals surface area contributed by atoms with Crippen molar-refractivity contribution in [1.29, 1.82) is 0 Å². The summed E-state index contributed by atoms with van der Waals surface area (Å²) < 4.78 is 30.5. The van der Waals surface area contributed by atoms with Crippen LogP contribution in [0.5, 0.6) is 0 Å². The van der Waals surface area contributed by atoms with Crippen molar-refractivity contribution in [3.05, 3.63) is 35.9 Å². The van der Waals surface area contributed by atoms with Gasteiger partial charge < -0.3 is 28.8 Å². The van der Waals surface area contributed by atoms with Crippen molar-refractivity contribution in [2.45, 2.75) is 78.2 Å². The third kappa shape index (κ3) is 5.06. The molecule has 1 aromatic carbocycles. The molecule has 1 N–H and O–H groups in total. The van der Waals surface area contributed by atoms with Crippen LogP contribution in [0.1, 0.15) is 40.2 Å². The Balaban J connectivity index is 1.70. The van der Waals surface area contributed by atoms with Crippen LogP contribution in [0.3, 0.4) is 0 Å². The minimum absolute atomic E-state index is 0.00325. The Hall–Kier alpha value is -1.02. The Morgan fingerprint density at radius 2 is 1.53 bits per heavy atom. The van der Waals surface area contributed by atoms with Gasteiger partial charge in [-0.2, -0.15) is 0 Å². The molecule has 6 nitrogen and oxygen atoms in total. The molecule has 2 heterocycles. The molecule has 2 fully saturated rings. The van der Waals surface area contributed by atoms with Crippen LogP contribution in [0.25, 0.3) is 0 Å². The van der Waals surface area contributed by atoms with E-state index < -0.39 is 12.4 Å². The number of aliphatic hydroxyl groups is 1. The van der Waals surface area contributed by atoms with Crippen molar-refractivity contribution in [2.24, 2.45) is 23.7 Å². The van der Waals surface area contributed by atoms with E-state index in [0.29, 0.717) is 6.61 Å². The van der Waals surface area contributed by atoms with E-state index in [4.69, 9.17) is 23.7 Å². The van der Waals surface area contributed by atoms with E-state index in [1.165, 1.54) is 0 Å². The lowest BCUT2D eigenvalue weighted by atomic mass is 9.83. The predicted octanol–water partition coefficient (Wildman–Crippen LogP) is 3.61. The van der Waals surface area contributed by atoms with Gasteiger partial charge in [-0.25, -0.2) is 0 Å². The Bertz CT molecular complexity index is 638. The third-order valence-corrected chi connectivity index (χ3v) is 7.00. The van der Waals surface area contributed by atoms with Gasteiger partial charge in [0.1, 0.15) is 6.10 Å². The molecule has 2 aliphatic heterocycles. The van der Waals surface area contributed by atoms with E-state index in [1.54, 1.807) is 7.11 Å². The highest BCUT2D eigenvalue weighted by Crippen LogP contribution is 2.38. The van der Waals surface area contributed by atoms with Gasteiger partial charge in [0, 0.05) is 24.9 Å². The molecule has 0 saturated carbocycles. The molecule has 0 bridgehead atoms. The molecule has 0 aromatic heterocycles. The van der Waals surface area contributed by atoms with Crippen molar-refractivity contribution in [2.75, 3.05) is 13.7 Å². The molecular formula is C24H38O6. The van der Waals surface area contributed by atoms with Crippen LogP contribution in [0.4, 0.5) is 0 Å². The van der Waals surface area contributed by atoms with Crippen LogP contribution in [0.15, 0.2) is 30.3 Å². The second-order valence-corrected chi connectivity index (χ2v) is 8.97. The Morgan fingerprint density at radius 3 is 2.17 bits per heavy atom. The lowest BCUT2D eigenvalue weighted by Crippen LogP contribution is -2.57. The highest BCUT2D eigenvalue weighted by molar-refractivity contribution is 5.13. The molecule has 0 spiro atoms. The summed E-state index contributed by atoms with van der Waals surface area (Å²) in [6.45, 7) is 11.0. The maximum absolute atomic E-state index is 9.90. The zero-order chi connectivity index (χ0) is 21.8. The number of methoxy groups -OCH3 is 1. The second kappa shape index (κ2) is 10.5. The van der Waals surface area contributed by atoms with Crippen LogP contribution >= 0.6 is 0 Å². The lowest BCUT2D eigenvalue weighted by Gasteiger charge is -2.48. The second-order valence-electron chi connectivity index (χ2n) is 8.97. The van der Waals surface area contributed by atoms with Crippen LogP contribution < -0.4 is 0 Å². The zero-order valence-electron chi connectivity index (χ0n) is 19.1. The molecule has 0 aliphatic carbocycles. The number of ether oxygens (including phenoxy) is 5. The third-order valence-electron chi connectivity index (χ3n) is 7.00. The van der Waals surface area contributed by atoms with Crippen molar-refractivity contribution in [3.8, 4) is 0 Å². The standard InChI is InChI=1S/C24H38O6/c1-14-15(2)23(26-6)29-20(12-25)22(14)30-24-17(4)21(16(3)18(5)28-24)27-13-19-10-8-7-9-11-19/h7-11,14-18,20-25H,12-13H2,1-6H3/t14-,15?,16-,17?,18?,20?,21-,22-,23+,24+/m1/s1. The number of aliphatic hydroxyl groups excluding tert-OH is 1. The Labute approximate surface area is 180 Å². The Kier molecular flexibility index (Phi) is 8.30. The molecule has 2 aliphatic rings. The molecular weight excluding hydrogens is 384 g/mol. The van der Waals surface area contributed by atoms with E-state index in [9.17, 15) is 5.11 Å². The predicted molar refractivity (Wildman–Crippen MR) is 114 cm³/mol. The molecule has 10 atom stereocenters. The van der Waals surface area contributed by atoms with Crippen LogP contribution in [0.2, 0.25) is 0 Å². The van der Waals surface area contributed by atoms with Crippen molar-refractivity contribution >= 4 is 0 Å². The van der Waals surface area contributed by atoms with E-state index in [1.807, 2.05) is 18.2 Å². The van der Waals surface area contributed by atoms with Gasteiger partial charge in [0.25, 0.3) is 0 Å². The summed E-state index contributed by atoms with van der Waals surface area (Å²) >= 11 is 0. The molecule has 2 saturated heterocycles. The molecule has 4 unspecified atom stereocenters. The van der Waals surface area contributed by atoms with Gasteiger partial charge in [-0.3, -0.25) is 0 Å². The van der Waals surface area contributed by atoms with Gasteiger partial charge in [0.2, 0.25) is 0 Å². The molecule has 0 amide bonds. The van der Waals surface area contributed by atoms with E-state index in [0.717, 1.165) is 5.56 Å². The largest absolute Gasteiger partial charge is 0.394 e. The summed E-state index contributed by atoms with van der Waals surface area (Å²) in [5, 5.41) is 9.90. The van der Waals surface area contributed by atoms with Gasteiger partial charge in [-0.05, 0) is 18.4 Å². The van der Waals surface area contributed by atoms with Gasteiger partial charge in [0.15, 0.2) is 12.6 Å². The fourth-order valence-electron chi connectivity index (χ4n) is 4.63. The average molecular weight is 423 g/mol. The normalized spacial score (nSPS) is 42.2. The first kappa shape index (κ1) is 23.6. The topological polar surface area (TPSA) is 66.4 Å². The molecule has 0 radical (unpaired) electrons. The highest BCUT2D eigenvalue weighted by Gasteiger charge is 2.47. The Morgan fingerprint density at radius 1 is 0.833 bits per heavy atom. The lowest BCUT2D eigenvalue weighted by molar-refractivity contribution is -0.329. The first-order chi connectivity index (χ1) is 14.4. The van der Waals surface area contributed by atoms with Crippen molar-refractivity contribution in [1.82, 2.24) is 0 Å². The van der Waals surface area contributed by atoms with Crippen molar-refractivity contribution in [3.63, 3.8) is 0 Å². The SMILES string of the molecule is CO[C@H]1OC(CO)[C@H](O[C@@H]2OC(C)[C@@H](C)[C@@H](OCc3ccccc3)C2C)[C@H](C)C1C. The van der Waals surface area contributed by atoms with E-state index in [2.05, 4.69) is 46.8 Å². The first-order valence-electron chi connectivity index (χ1n) is 11.1. The molecule has 6 heteroatoms. The van der Waals surface area contributed by atoms with Crippen LogP contribution in [-0.4, -0.2) is 55.8 Å². The van der Waals surface area contributed by atoms with Crippen LogP contribution in [0, 0.1) is 23.7 Å². The van der Waals surface area contributed by atoms with Gasteiger partial charge in [-0.1, -0.05) is 58.0 Å². The first-order valence-corrected chi connectivity index (χ1v) is 11.1. The maximum Gasteiger partial charge on any atom is 0.163 e. The summed E-state index contributed by atoms with van der Waals surface area (Å²) in [4.78, 5) is 0. The number of hydrogen-bond donors (Lipinski definition) is 1. The monoisotopic (exact) mass is 422 g/mol. The van der Waals surface area contributed by atoms with E-state index >= 15 is 0 Å². The summed E-state index contributed by atoms with van der Waals surface area (Å²) in [5.41, 5.74) is 1.16.